The second kappa shape index (κ2) is 6.02. The highest BCUT2D eigenvalue weighted by Crippen LogP contribution is 2.46. The highest BCUT2D eigenvalue weighted by molar-refractivity contribution is 7.99. The van der Waals surface area contributed by atoms with Crippen LogP contribution in [-0.4, -0.2) is 13.1 Å². The van der Waals surface area contributed by atoms with Crippen LogP contribution in [-0.2, 0) is 6.42 Å². The lowest BCUT2D eigenvalue weighted by molar-refractivity contribution is 0.864. The molecule has 0 saturated heterocycles. The first-order valence-corrected chi connectivity index (χ1v) is 8.54. The van der Waals surface area contributed by atoms with E-state index in [1.165, 1.54) is 32.4 Å². The van der Waals surface area contributed by atoms with Gasteiger partial charge in [-0.3, -0.25) is 0 Å². The Balaban J connectivity index is 1.97. The normalized spacial score (nSPS) is 12.3. The third-order valence-corrected chi connectivity index (χ3v) is 5.18. The van der Waals surface area contributed by atoms with Gasteiger partial charge in [-0.1, -0.05) is 30.8 Å². The van der Waals surface area contributed by atoms with E-state index in [1.807, 2.05) is 11.8 Å². The number of para-hydroxylation sites is 1. The molecule has 0 aromatic heterocycles. The average Bonchev–Trinajstić information content (AvgIpc) is 2.53. The predicted molar refractivity (Wildman–Crippen MR) is 93.2 cm³/mol. The van der Waals surface area contributed by atoms with E-state index < -0.39 is 0 Å². The Morgan fingerprint density at radius 3 is 2.52 bits per heavy atom. The third kappa shape index (κ3) is 2.62. The number of hydrogen-bond donors (Lipinski definition) is 1. The topological polar surface area (TPSA) is 15.3 Å². The van der Waals surface area contributed by atoms with Gasteiger partial charge in [-0.25, -0.2) is 0 Å². The quantitative estimate of drug-likeness (QED) is 0.703. The number of aryl methyl sites for hydroxylation is 1. The van der Waals surface area contributed by atoms with Gasteiger partial charge in [0.15, 0.2) is 0 Å². The van der Waals surface area contributed by atoms with Crippen molar-refractivity contribution in [1.82, 2.24) is 0 Å². The van der Waals surface area contributed by atoms with Crippen LogP contribution in [0.1, 0.15) is 26.3 Å². The van der Waals surface area contributed by atoms with E-state index in [2.05, 4.69) is 67.4 Å². The zero-order chi connectivity index (χ0) is 14.8. The van der Waals surface area contributed by atoms with Crippen LogP contribution in [0.25, 0.3) is 0 Å². The maximum absolute atomic E-state index is 3.62. The van der Waals surface area contributed by atoms with Gasteiger partial charge in [0, 0.05) is 28.6 Å². The monoisotopic (exact) mass is 298 g/mol. The zero-order valence-corrected chi connectivity index (χ0v) is 13.8. The number of anilines is 3. The highest BCUT2D eigenvalue weighted by atomic mass is 32.2. The molecule has 0 atom stereocenters. The van der Waals surface area contributed by atoms with Crippen molar-refractivity contribution >= 4 is 28.8 Å². The summed E-state index contributed by atoms with van der Waals surface area (Å²) in [6.07, 6.45) is 1.06. The second-order valence-corrected chi connectivity index (χ2v) is 6.31. The molecule has 0 saturated carbocycles. The SMILES string of the molecule is CCc1cccc2c1Nc1ccc(N(CC)CC)cc1S2. The molecule has 0 aliphatic carbocycles. The fraction of sp³-hybridized carbons (Fsp3) is 0.333. The van der Waals surface area contributed by atoms with Gasteiger partial charge < -0.3 is 10.2 Å². The maximum atomic E-state index is 3.62. The summed E-state index contributed by atoms with van der Waals surface area (Å²) in [5, 5.41) is 3.62. The van der Waals surface area contributed by atoms with E-state index >= 15 is 0 Å². The van der Waals surface area contributed by atoms with Crippen molar-refractivity contribution in [3.63, 3.8) is 0 Å². The number of nitrogens with one attached hydrogen (secondary N) is 1. The van der Waals surface area contributed by atoms with Crippen molar-refractivity contribution in [3.05, 3.63) is 42.0 Å². The third-order valence-electron chi connectivity index (χ3n) is 4.07. The Morgan fingerprint density at radius 2 is 1.81 bits per heavy atom. The lowest BCUT2D eigenvalue weighted by Crippen LogP contribution is -2.21. The molecule has 1 heterocycles. The molecule has 0 amide bonds. The molecule has 0 unspecified atom stereocenters. The molecule has 0 radical (unpaired) electrons. The standard InChI is InChI=1S/C18H22N2S/c1-4-13-8-7-9-16-18(13)19-15-11-10-14(12-17(15)21-16)20(5-2)6-3/h7-12,19H,4-6H2,1-3H3. The molecule has 110 valence electrons. The average molecular weight is 298 g/mol. The number of nitrogens with zero attached hydrogens (tertiary/aromatic N) is 1. The summed E-state index contributed by atoms with van der Waals surface area (Å²) in [6.45, 7) is 8.71. The Bertz CT molecular complexity index is 648. The Morgan fingerprint density at radius 1 is 1.00 bits per heavy atom. The van der Waals surface area contributed by atoms with Crippen molar-refractivity contribution in [3.8, 4) is 0 Å². The zero-order valence-electron chi connectivity index (χ0n) is 12.9. The molecule has 0 spiro atoms. The molecule has 2 aromatic rings. The summed E-state index contributed by atoms with van der Waals surface area (Å²) in [4.78, 5) is 5.04. The molecule has 0 bridgehead atoms. The van der Waals surface area contributed by atoms with Gasteiger partial charge >= 0.3 is 0 Å². The van der Waals surface area contributed by atoms with Crippen LogP contribution in [0.4, 0.5) is 17.1 Å². The highest BCUT2D eigenvalue weighted by Gasteiger charge is 2.18. The molecular weight excluding hydrogens is 276 g/mol. The lowest BCUT2D eigenvalue weighted by Gasteiger charge is -2.26. The minimum Gasteiger partial charge on any atom is -0.372 e. The van der Waals surface area contributed by atoms with Crippen LogP contribution in [0.3, 0.4) is 0 Å². The number of hydrogen-bond acceptors (Lipinski definition) is 3. The second-order valence-electron chi connectivity index (χ2n) is 5.22. The Labute approximate surface area is 131 Å². The summed E-state index contributed by atoms with van der Waals surface area (Å²) < 4.78 is 0. The molecule has 2 nitrogen and oxygen atoms in total. The van der Waals surface area contributed by atoms with Crippen molar-refractivity contribution in [2.45, 2.75) is 37.0 Å². The van der Waals surface area contributed by atoms with Crippen molar-refractivity contribution in [2.24, 2.45) is 0 Å². The van der Waals surface area contributed by atoms with E-state index in [1.54, 1.807) is 0 Å². The van der Waals surface area contributed by atoms with Gasteiger partial charge in [0.2, 0.25) is 0 Å². The summed E-state index contributed by atoms with van der Waals surface area (Å²) in [5.41, 5.74) is 5.21. The van der Waals surface area contributed by atoms with E-state index in [9.17, 15) is 0 Å². The fourth-order valence-corrected chi connectivity index (χ4v) is 3.91. The van der Waals surface area contributed by atoms with Gasteiger partial charge in [0.1, 0.15) is 0 Å². The molecule has 2 aromatic carbocycles. The van der Waals surface area contributed by atoms with Crippen LogP contribution in [0.15, 0.2) is 46.2 Å². The van der Waals surface area contributed by atoms with E-state index in [0.29, 0.717) is 0 Å². The van der Waals surface area contributed by atoms with Crippen molar-refractivity contribution < 1.29 is 0 Å². The molecule has 0 fully saturated rings. The predicted octanol–water partition coefficient (Wildman–Crippen LogP) is 5.30. The first-order chi connectivity index (χ1) is 10.3. The molecule has 21 heavy (non-hydrogen) atoms. The largest absolute Gasteiger partial charge is 0.372 e. The van der Waals surface area contributed by atoms with Crippen LogP contribution in [0.5, 0.6) is 0 Å². The van der Waals surface area contributed by atoms with Crippen LogP contribution in [0, 0.1) is 0 Å². The smallest absolute Gasteiger partial charge is 0.0558 e. The van der Waals surface area contributed by atoms with Gasteiger partial charge in [-0.15, -0.1) is 0 Å². The van der Waals surface area contributed by atoms with E-state index in [0.717, 1.165) is 19.5 Å². The van der Waals surface area contributed by atoms with Gasteiger partial charge in [0.25, 0.3) is 0 Å². The maximum Gasteiger partial charge on any atom is 0.0558 e. The molecule has 3 rings (SSSR count). The number of fused-ring (bicyclic) bond motifs is 2. The molecule has 3 heteroatoms. The first-order valence-electron chi connectivity index (χ1n) is 7.72. The molecule has 1 aliphatic heterocycles. The van der Waals surface area contributed by atoms with Gasteiger partial charge in [0.05, 0.1) is 11.4 Å². The van der Waals surface area contributed by atoms with Gasteiger partial charge in [-0.05, 0) is 50.1 Å². The summed E-state index contributed by atoms with van der Waals surface area (Å²) in [5.74, 6) is 0. The van der Waals surface area contributed by atoms with Crippen LogP contribution in [0.2, 0.25) is 0 Å². The van der Waals surface area contributed by atoms with Crippen LogP contribution >= 0.6 is 11.8 Å². The minimum absolute atomic E-state index is 1.05. The van der Waals surface area contributed by atoms with Crippen molar-refractivity contribution in [1.29, 1.82) is 0 Å². The Kier molecular flexibility index (Phi) is 4.11. The van der Waals surface area contributed by atoms with Gasteiger partial charge in [-0.2, -0.15) is 0 Å². The summed E-state index contributed by atoms with van der Waals surface area (Å²) in [7, 11) is 0. The molecular formula is C18H22N2S. The van der Waals surface area contributed by atoms with E-state index in [4.69, 9.17) is 0 Å². The Hall–Kier alpha value is -1.61. The van der Waals surface area contributed by atoms with E-state index in [-0.39, 0.29) is 0 Å². The van der Waals surface area contributed by atoms with Crippen LogP contribution < -0.4 is 10.2 Å². The molecule has 1 aliphatic rings. The summed E-state index contributed by atoms with van der Waals surface area (Å²) >= 11 is 1.88. The lowest BCUT2D eigenvalue weighted by atomic mass is 10.1. The number of benzene rings is 2. The number of rotatable bonds is 4. The fourth-order valence-electron chi connectivity index (χ4n) is 2.84. The molecule has 1 N–H and O–H groups in total. The minimum atomic E-state index is 1.05. The summed E-state index contributed by atoms with van der Waals surface area (Å²) in [6, 6.07) is 13.3. The van der Waals surface area contributed by atoms with Crippen molar-refractivity contribution in [2.75, 3.05) is 23.3 Å². The first kappa shape index (κ1) is 14.3.